The minimum atomic E-state index is -0.0905. The van der Waals surface area contributed by atoms with E-state index in [1.165, 1.54) is 69.6 Å². The number of aliphatic imine (C=N–C) groups is 1. The van der Waals surface area contributed by atoms with Gasteiger partial charge in [0, 0.05) is 12.6 Å². The molecule has 0 saturated heterocycles. The Morgan fingerprint density at radius 2 is 1.67 bits per heavy atom. The van der Waals surface area contributed by atoms with E-state index in [0.29, 0.717) is 12.5 Å². The summed E-state index contributed by atoms with van der Waals surface area (Å²) in [6.45, 7) is 4.37. The fraction of sp³-hybridized carbons (Fsp3) is 0.630. The van der Waals surface area contributed by atoms with Gasteiger partial charge in [-0.2, -0.15) is 0 Å². The van der Waals surface area contributed by atoms with Crippen LogP contribution in [0.25, 0.3) is 0 Å². The highest BCUT2D eigenvalue weighted by atomic mass is 16.5. The lowest BCUT2D eigenvalue weighted by molar-refractivity contribution is -0.140. The molecule has 0 heterocycles. The van der Waals surface area contributed by atoms with Crippen molar-refractivity contribution < 1.29 is 9.53 Å². The van der Waals surface area contributed by atoms with Crippen LogP contribution in [0.15, 0.2) is 41.4 Å². The first-order valence-corrected chi connectivity index (χ1v) is 12.0. The highest BCUT2D eigenvalue weighted by molar-refractivity contribution is 5.79. The number of allylic oxidation sites excluding steroid dienone is 1. The fourth-order valence-electron chi connectivity index (χ4n) is 3.44. The highest BCUT2D eigenvalue weighted by Gasteiger charge is 2.04. The Bertz CT molecular complexity index is 604. The van der Waals surface area contributed by atoms with E-state index < -0.39 is 0 Å². The Hall–Kier alpha value is -1.90. The standard InChI is InChI=1S/C27H43NO2/c1-4-5-6-13-16-26(28-23-25-21-19-24(2)20-22-25)17-14-11-9-7-8-10-12-15-18-27(29)30-3/h11,14,19-23,26H,4-10,12-13,15-18H2,1-3H3/b14-11-,28-23?. The number of carbonyl (C=O) groups excluding carboxylic acids is 1. The number of unbranched alkanes of at least 4 members (excludes halogenated alkanes) is 8. The van der Waals surface area contributed by atoms with Gasteiger partial charge in [0.2, 0.25) is 0 Å². The summed E-state index contributed by atoms with van der Waals surface area (Å²) in [4.78, 5) is 16.0. The maximum Gasteiger partial charge on any atom is 0.305 e. The van der Waals surface area contributed by atoms with Gasteiger partial charge in [-0.05, 0) is 44.6 Å². The predicted molar refractivity (Wildman–Crippen MR) is 129 cm³/mol. The second-order valence-electron chi connectivity index (χ2n) is 8.28. The number of aryl methyl sites for hydroxylation is 1. The zero-order chi connectivity index (χ0) is 21.9. The van der Waals surface area contributed by atoms with E-state index >= 15 is 0 Å². The van der Waals surface area contributed by atoms with Crippen LogP contribution in [0, 0.1) is 6.92 Å². The first-order chi connectivity index (χ1) is 14.7. The summed E-state index contributed by atoms with van der Waals surface area (Å²) in [6, 6.07) is 8.97. The monoisotopic (exact) mass is 413 g/mol. The number of benzene rings is 1. The average Bonchev–Trinajstić information content (AvgIpc) is 2.76. The topological polar surface area (TPSA) is 38.7 Å². The molecule has 0 aliphatic carbocycles. The van der Waals surface area contributed by atoms with Crippen molar-refractivity contribution in [2.24, 2.45) is 4.99 Å². The van der Waals surface area contributed by atoms with Gasteiger partial charge >= 0.3 is 5.97 Å². The number of esters is 1. The van der Waals surface area contributed by atoms with Crippen LogP contribution in [0.5, 0.6) is 0 Å². The van der Waals surface area contributed by atoms with Crippen LogP contribution in [-0.2, 0) is 9.53 Å². The molecular weight excluding hydrogens is 370 g/mol. The molecule has 0 amide bonds. The fourth-order valence-corrected chi connectivity index (χ4v) is 3.44. The van der Waals surface area contributed by atoms with Crippen LogP contribution in [0.4, 0.5) is 0 Å². The summed E-state index contributed by atoms with van der Waals surface area (Å²) < 4.78 is 4.67. The van der Waals surface area contributed by atoms with Crippen molar-refractivity contribution in [1.82, 2.24) is 0 Å². The van der Waals surface area contributed by atoms with Crippen molar-refractivity contribution in [3.05, 3.63) is 47.5 Å². The molecule has 0 aliphatic heterocycles. The molecule has 30 heavy (non-hydrogen) atoms. The number of hydrogen-bond donors (Lipinski definition) is 0. The summed E-state index contributed by atoms with van der Waals surface area (Å²) in [5, 5.41) is 0. The molecule has 0 aliphatic rings. The Balaban J connectivity index is 2.28. The second-order valence-corrected chi connectivity index (χ2v) is 8.28. The van der Waals surface area contributed by atoms with Gasteiger partial charge in [0.1, 0.15) is 0 Å². The number of carbonyl (C=O) groups is 1. The van der Waals surface area contributed by atoms with Crippen LogP contribution in [-0.4, -0.2) is 25.3 Å². The number of hydrogen-bond acceptors (Lipinski definition) is 3. The number of ether oxygens (including phenoxy) is 1. The summed E-state index contributed by atoms with van der Waals surface area (Å²) in [6.07, 6.45) is 21.5. The first kappa shape index (κ1) is 26.1. The van der Waals surface area contributed by atoms with E-state index in [9.17, 15) is 4.79 Å². The smallest absolute Gasteiger partial charge is 0.305 e. The minimum Gasteiger partial charge on any atom is -0.469 e. The van der Waals surface area contributed by atoms with Crippen molar-refractivity contribution in [2.45, 2.75) is 103 Å². The molecule has 3 nitrogen and oxygen atoms in total. The second kappa shape index (κ2) is 17.9. The maximum absolute atomic E-state index is 11.1. The first-order valence-electron chi connectivity index (χ1n) is 12.0. The van der Waals surface area contributed by atoms with Gasteiger partial charge in [-0.15, -0.1) is 0 Å². The molecule has 0 bridgehead atoms. The highest BCUT2D eigenvalue weighted by Crippen LogP contribution is 2.14. The van der Waals surface area contributed by atoms with E-state index in [1.807, 2.05) is 6.21 Å². The Morgan fingerprint density at radius 3 is 2.40 bits per heavy atom. The molecule has 1 aromatic rings. The maximum atomic E-state index is 11.1. The number of rotatable bonds is 17. The van der Waals surface area contributed by atoms with Crippen LogP contribution in [0.1, 0.15) is 102 Å². The van der Waals surface area contributed by atoms with E-state index in [1.54, 1.807) is 0 Å². The van der Waals surface area contributed by atoms with Crippen molar-refractivity contribution in [1.29, 1.82) is 0 Å². The van der Waals surface area contributed by atoms with E-state index in [4.69, 9.17) is 4.99 Å². The molecule has 1 unspecified atom stereocenters. The van der Waals surface area contributed by atoms with Crippen molar-refractivity contribution in [3.8, 4) is 0 Å². The molecule has 1 rings (SSSR count). The molecule has 0 spiro atoms. The third-order valence-electron chi connectivity index (χ3n) is 5.46. The van der Waals surface area contributed by atoms with E-state index in [-0.39, 0.29) is 5.97 Å². The summed E-state index contributed by atoms with van der Waals surface area (Å²) in [7, 11) is 1.46. The third kappa shape index (κ3) is 14.1. The quantitative estimate of drug-likeness (QED) is 0.114. The summed E-state index contributed by atoms with van der Waals surface area (Å²) in [5.41, 5.74) is 2.48. The molecule has 0 radical (unpaired) electrons. The third-order valence-corrected chi connectivity index (χ3v) is 5.46. The molecule has 3 heteroatoms. The van der Waals surface area contributed by atoms with Gasteiger partial charge in [-0.3, -0.25) is 9.79 Å². The molecule has 168 valence electrons. The van der Waals surface area contributed by atoms with Crippen molar-refractivity contribution in [2.75, 3.05) is 7.11 Å². The Morgan fingerprint density at radius 1 is 0.967 bits per heavy atom. The lowest BCUT2D eigenvalue weighted by Crippen LogP contribution is -2.04. The summed E-state index contributed by atoms with van der Waals surface area (Å²) in [5.74, 6) is -0.0905. The Labute approximate surface area is 185 Å². The summed E-state index contributed by atoms with van der Waals surface area (Å²) >= 11 is 0. The van der Waals surface area contributed by atoms with Crippen LogP contribution < -0.4 is 0 Å². The zero-order valence-electron chi connectivity index (χ0n) is 19.6. The van der Waals surface area contributed by atoms with Crippen molar-refractivity contribution in [3.63, 3.8) is 0 Å². The van der Waals surface area contributed by atoms with Gasteiger partial charge in [0.25, 0.3) is 0 Å². The lowest BCUT2D eigenvalue weighted by atomic mass is 10.0. The largest absolute Gasteiger partial charge is 0.469 e. The molecule has 0 saturated carbocycles. The average molecular weight is 414 g/mol. The molecule has 0 fully saturated rings. The van der Waals surface area contributed by atoms with Gasteiger partial charge < -0.3 is 4.74 Å². The number of methoxy groups -OCH3 is 1. The van der Waals surface area contributed by atoms with Crippen LogP contribution in [0.3, 0.4) is 0 Å². The number of nitrogens with zero attached hydrogens (tertiary/aromatic N) is 1. The Kier molecular flexibility index (Phi) is 15.6. The van der Waals surface area contributed by atoms with Gasteiger partial charge in [0.05, 0.1) is 13.2 Å². The lowest BCUT2D eigenvalue weighted by Gasteiger charge is -2.10. The molecule has 0 aromatic heterocycles. The SMILES string of the molecule is CCCCCCC(C/C=C\CCCCCCCC(=O)OC)N=Cc1ccc(C)cc1. The van der Waals surface area contributed by atoms with Crippen molar-refractivity contribution >= 4 is 12.2 Å². The van der Waals surface area contributed by atoms with Gasteiger partial charge in [-0.25, -0.2) is 0 Å². The molecule has 1 atom stereocenters. The van der Waals surface area contributed by atoms with Crippen LogP contribution in [0.2, 0.25) is 0 Å². The normalized spacial score (nSPS) is 12.6. The van der Waals surface area contributed by atoms with Gasteiger partial charge in [0.15, 0.2) is 0 Å². The van der Waals surface area contributed by atoms with E-state index in [0.717, 1.165) is 25.7 Å². The molecule has 1 aromatic carbocycles. The van der Waals surface area contributed by atoms with Gasteiger partial charge in [-0.1, -0.05) is 93.9 Å². The minimum absolute atomic E-state index is 0.0905. The predicted octanol–water partition coefficient (Wildman–Crippen LogP) is 7.60. The molecular formula is C27H43NO2. The van der Waals surface area contributed by atoms with Crippen LogP contribution >= 0.6 is 0 Å². The molecule has 0 N–H and O–H groups in total. The zero-order valence-corrected chi connectivity index (χ0v) is 19.6. The van der Waals surface area contributed by atoms with E-state index in [2.05, 4.69) is 55.0 Å².